The van der Waals surface area contributed by atoms with E-state index in [0.29, 0.717) is 0 Å². The zero-order chi connectivity index (χ0) is 12.8. The van der Waals surface area contributed by atoms with Crippen LogP contribution in [0.1, 0.15) is 30.5 Å². The molecule has 0 radical (unpaired) electrons. The fourth-order valence-corrected chi connectivity index (χ4v) is 1.75. The standard InChI is InChI=1S/C15H16.C2H6/c1-11-5-4-6-14(9-11)15-8-7-12(2)13(3)10-15;1-2/h4-10H,1-3H3;1-2H3. The molecule has 0 heterocycles. The molecule has 0 aliphatic rings. The number of hydrogen-bond donors (Lipinski definition) is 0. The molecule has 90 valence electrons. The van der Waals surface area contributed by atoms with Crippen molar-refractivity contribution in [1.29, 1.82) is 0 Å². The second kappa shape index (κ2) is 6.24. The summed E-state index contributed by atoms with van der Waals surface area (Å²) in [4.78, 5) is 0. The molecule has 2 aromatic carbocycles. The van der Waals surface area contributed by atoms with E-state index in [1.165, 1.54) is 27.8 Å². The van der Waals surface area contributed by atoms with Gasteiger partial charge in [-0.05, 0) is 43.0 Å². The molecule has 0 bridgehead atoms. The molecule has 0 unspecified atom stereocenters. The summed E-state index contributed by atoms with van der Waals surface area (Å²) in [7, 11) is 0. The fraction of sp³-hybridized carbons (Fsp3) is 0.294. The molecule has 0 aliphatic carbocycles. The summed E-state index contributed by atoms with van der Waals surface area (Å²) in [5.41, 5.74) is 6.63. The summed E-state index contributed by atoms with van der Waals surface area (Å²) in [6.07, 6.45) is 0. The minimum absolute atomic E-state index is 1.30. The van der Waals surface area contributed by atoms with Crippen LogP contribution in [0, 0.1) is 20.8 Å². The summed E-state index contributed by atoms with van der Waals surface area (Å²) in [6, 6.07) is 15.3. The Morgan fingerprint density at radius 3 is 1.88 bits per heavy atom. The van der Waals surface area contributed by atoms with Gasteiger partial charge in [0.25, 0.3) is 0 Å². The van der Waals surface area contributed by atoms with Crippen molar-refractivity contribution in [2.24, 2.45) is 0 Å². The molecule has 0 saturated carbocycles. The van der Waals surface area contributed by atoms with Gasteiger partial charge >= 0.3 is 0 Å². The van der Waals surface area contributed by atoms with Crippen molar-refractivity contribution in [2.75, 3.05) is 0 Å². The van der Waals surface area contributed by atoms with E-state index < -0.39 is 0 Å². The quantitative estimate of drug-likeness (QED) is 0.618. The zero-order valence-electron chi connectivity index (χ0n) is 11.5. The molecule has 0 aromatic heterocycles. The summed E-state index contributed by atoms with van der Waals surface area (Å²) in [6.45, 7) is 10.4. The Kier molecular flexibility index (Phi) is 4.96. The number of hydrogen-bond acceptors (Lipinski definition) is 0. The molecule has 0 spiro atoms. The van der Waals surface area contributed by atoms with Crippen LogP contribution in [0.4, 0.5) is 0 Å². The molecule has 0 nitrogen and oxygen atoms in total. The largest absolute Gasteiger partial charge is 0.0683 e. The Balaban J connectivity index is 0.000000686. The maximum atomic E-state index is 2.25. The minimum atomic E-state index is 1.30. The monoisotopic (exact) mass is 226 g/mol. The van der Waals surface area contributed by atoms with Gasteiger partial charge in [0.15, 0.2) is 0 Å². The van der Waals surface area contributed by atoms with Crippen LogP contribution in [0.15, 0.2) is 42.5 Å². The van der Waals surface area contributed by atoms with Crippen LogP contribution in [-0.2, 0) is 0 Å². The molecule has 0 aliphatic heterocycles. The van der Waals surface area contributed by atoms with E-state index >= 15 is 0 Å². The van der Waals surface area contributed by atoms with Gasteiger partial charge in [0.05, 0.1) is 0 Å². The van der Waals surface area contributed by atoms with Crippen molar-refractivity contribution in [3.63, 3.8) is 0 Å². The Hall–Kier alpha value is -1.56. The summed E-state index contributed by atoms with van der Waals surface area (Å²) in [5, 5.41) is 0. The molecule has 17 heavy (non-hydrogen) atoms. The summed E-state index contributed by atoms with van der Waals surface area (Å²) >= 11 is 0. The van der Waals surface area contributed by atoms with Crippen molar-refractivity contribution in [3.8, 4) is 11.1 Å². The first-order valence-corrected chi connectivity index (χ1v) is 6.31. The third-order valence-corrected chi connectivity index (χ3v) is 2.86. The molecular formula is C17H22. The van der Waals surface area contributed by atoms with Crippen LogP contribution in [0.3, 0.4) is 0 Å². The van der Waals surface area contributed by atoms with Gasteiger partial charge < -0.3 is 0 Å². The first-order valence-electron chi connectivity index (χ1n) is 6.31. The Morgan fingerprint density at radius 1 is 0.647 bits per heavy atom. The van der Waals surface area contributed by atoms with Gasteiger partial charge in [-0.25, -0.2) is 0 Å². The lowest BCUT2D eigenvalue weighted by molar-refractivity contribution is 1.34. The molecular weight excluding hydrogens is 204 g/mol. The third-order valence-electron chi connectivity index (χ3n) is 2.86. The molecule has 2 rings (SSSR count). The SMILES string of the molecule is CC.Cc1cccc(-c2ccc(C)c(C)c2)c1. The van der Waals surface area contributed by atoms with Crippen molar-refractivity contribution in [3.05, 3.63) is 59.2 Å². The predicted molar refractivity (Wildman–Crippen MR) is 77.4 cm³/mol. The van der Waals surface area contributed by atoms with Crippen LogP contribution in [0.2, 0.25) is 0 Å². The topological polar surface area (TPSA) is 0 Å². The highest BCUT2D eigenvalue weighted by Crippen LogP contribution is 2.22. The maximum absolute atomic E-state index is 2.25. The van der Waals surface area contributed by atoms with Gasteiger partial charge in [-0.1, -0.05) is 61.9 Å². The molecule has 0 fully saturated rings. The second-order valence-electron chi connectivity index (χ2n) is 4.17. The molecule has 0 saturated heterocycles. The lowest BCUT2D eigenvalue weighted by Gasteiger charge is -2.06. The van der Waals surface area contributed by atoms with Crippen LogP contribution < -0.4 is 0 Å². The van der Waals surface area contributed by atoms with Gasteiger partial charge in [-0.15, -0.1) is 0 Å². The molecule has 0 heteroatoms. The molecule has 0 amide bonds. The van der Waals surface area contributed by atoms with E-state index in [9.17, 15) is 0 Å². The van der Waals surface area contributed by atoms with Crippen molar-refractivity contribution in [2.45, 2.75) is 34.6 Å². The maximum Gasteiger partial charge on any atom is -0.0181 e. The minimum Gasteiger partial charge on any atom is -0.0683 e. The van der Waals surface area contributed by atoms with Gasteiger partial charge in [0.1, 0.15) is 0 Å². The van der Waals surface area contributed by atoms with Gasteiger partial charge in [0, 0.05) is 0 Å². The predicted octanol–water partition coefficient (Wildman–Crippen LogP) is 5.31. The Bertz CT molecular complexity index is 481. The molecule has 0 N–H and O–H groups in total. The van der Waals surface area contributed by atoms with E-state index in [4.69, 9.17) is 0 Å². The Labute approximate surface area is 105 Å². The normalized spacial score (nSPS) is 9.47. The highest BCUT2D eigenvalue weighted by molar-refractivity contribution is 5.65. The van der Waals surface area contributed by atoms with Gasteiger partial charge in [-0.2, -0.15) is 0 Å². The van der Waals surface area contributed by atoms with Crippen molar-refractivity contribution in [1.82, 2.24) is 0 Å². The number of benzene rings is 2. The first kappa shape index (κ1) is 13.5. The molecule has 2 aromatic rings. The third kappa shape index (κ3) is 3.45. The van der Waals surface area contributed by atoms with E-state index in [1.807, 2.05) is 13.8 Å². The highest BCUT2D eigenvalue weighted by atomic mass is 14.0. The summed E-state index contributed by atoms with van der Waals surface area (Å²) < 4.78 is 0. The fourth-order valence-electron chi connectivity index (χ4n) is 1.75. The number of rotatable bonds is 1. The summed E-state index contributed by atoms with van der Waals surface area (Å²) in [5.74, 6) is 0. The van der Waals surface area contributed by atoms with Crippen LogP contribution in [-0.4, -0.2) is 0 Å². The van der Waals surface area contributed by atoms with Crippen molar-refractivity contribution >= 4 is 0 Å². The Morgan fingerprint density at radius 2 is 1.29 bits per heavy atom. The van der Waals surface area contributed by atoms with Gasteiger partial charge in [-0.3, -0.25) is 0 Å². The average Bonchev–Trinajstić information content (AvgIpc) is 2.35. The zero-order valence-corrected chi connectivity index (χ0v) is 11.5. The lowest BCUT2D eigenvalue weighted by Crippen LogP contribution is -1.84. The lowest BCUT2D eigenvalue weighted by atomic mass is 9.99. The van der Waals surface area contributed by atoms with Crippen molar-refractivity contribution < 1.29 is 0 Å². The van der Waals surface area contributed by atoms with E-state index in [0.717, 1.165) is 0 Å². The van der Waals surface area contributed by atoms with E-state index in [1.54, 1.807) is 0 Å². The average molecular weight is 226 g/mol. The van der Waals surface area contributed by atoms with E-state index in [2.05, 4.69) is 63.2 Å². The van der Waals surface area contributed by atoms with Crippen LogP contribution in [0.5, 0.6) is 0 Å². The van der Waals surface area contributed by atoms with Crippen LogP contribution >= 0.6 is 0 Å². The number of aryl methyl sites for hydroxylation is 3. The second-order valence-corrected chi connectivity index (χ2v) is 4.17. The van der Waals surface area contributed by atoms with E-state index in [-0.39, 0.29) is 0 Å². The van der Waals surface area contributed by atoms with Gasteiger partial charge in [0.2, 0.25) is 0 Å². The smallest absolute Gasteiger partial charge is 0.0181 e. The first-order chi connectivity index (χ1) is 8.16. The van der Waals surface area contributed by atoms with Crippen LogP contribution in [0.25, 0.3) is 11.1 Å². The molecule has 0 atom stereocenters. The highest BCUT2D eigenvalue weighted by Gasteiger charge is 1.99.